The number of alkyl halides is 3. The number of nitrogens with one attached hydrogen (secondary N) is 1. The van der Waals surface area contributed by atoms with E-state index in [1.165, 1.54) is 34.1 Å². The highest BCUT2D eigenvalue weighted by atomic mass is 19.4. The van der Waals surface area contributed by atoms with Crippen LogP contribution < -0.4 is 10.1 Å². The summed E-state index contributed by atoms with van der Waals surface area (Å²) in [6, 6.07) is 4.12. The lowest BCUT2D eigenvalue weighted by molar-refractivity contribution is -0.274. The Morgan fingerprint density at radius 3 is 2.85 bits per heavy atom. The zero-order valence-corrected chi connectivity index (χ0v) is 16.8. The Morgan fingerprint density at radius 2 is 2.15 bits per heavy atom. The fourth-order valence-corrected chi connectivity index (χ4v) is 3.58. The van der Waals surface area contributed by atoms with E-state index >= 15 is 0 Å². The summed E-state index contributed by atoms with van der Waals surface area (Å²) in [5.41, 5.74) is 0.231. The summed E-state index contributed by atoms with van der Waals surface area (Å²) < 4.78 is 48.1. The molecule has 2 unspecified atom stereocenters. The molecule has 14 heteroatoms. The molecule has 0 bridgehead atoms. The molecule has 1 aromatic carbocycles. The van der Waals surface area contributed by atoms with Crippen LogP contribution in [0.3, 0.4) is 0 Å². The van der Waals surface area contributed by atoms with Gasteiger partial charge in [0, 0.05) is 24.3 Å². The van der Waals surface area contributed by atoms with Crippen molar-refractivity contribution in [3.8, 4) is 17.1 Å². The quantitative estimate of drug-likeness (QED) is 0.565. The number of halogens is 3. The van der Waals surface area contributed by atoms with Crippen molar-refractivity contribution in [2.45, 2.75) is 31.4 Å². The van der Waals surface area contributed by atoms with Crippen LogP contribution in [0.1, 0.15) is 17.1 Å². The van der Waals surface area contributed by atoms with Crippen molar-refractivity contribution in [1.82, 2.24) is 30.2 Å². The normalized spacial score (nSPS) is 18.3. The van der Waals surface area contributed by atoms with E-state index < -0.39 is 36.2 Å². The van der Waals surface area contributed by atoms with Crippen molar-refractivity contribution >= 4 is 12.0 Å². The number of nitrogens with zero attached hydrogens (tertiary/aromatic N) is 5. The molecule has 2 aromatic heterocycles. The molecule has 2 atom stereocenters. The van der Waals surface area contributed by atoms with E-state index in [4.69, 9.17) is 4.42 Å². The maximum atomic E-state index is 12.6. The van der Waals surface area contributed by atoms with Crippen LogP contribution in [0.4, 0.5) is 18.0 Å². The predicted molar refractivity (Wildman–Crippen MR) is 103 cm³/mol. The van der Waals surface area contributed by atoms with E-state index in [-0.39, 0.29) is 30.3 Å². The monoisotopic (exact) mass is 466 g/mol. The van der Waals surface area contributed by atoms with Crippen LogP contribution in [-0.2, 0) is 6.54 Å². The number of carbonyl (C=O) groups excluding carboxylic acids is 1. The first kappa shape index (κ1) is 22.1. The summed E-state index contributed by atoms with van der Waals surface area (Å²) in [5, 5.41) is 19.7. The minimum Gasteiger partial charge on any atom is -0.465 e. The predicted octanol–water partition coefficient (Wildman–Crippen LogP) is 2.38. The van der Waals surface area contributed by atoms with Crippen molar-refractivity contribution in [3.63, 3.8) is 0 Å². The molecule has 174 valence electrons. The van der Waals surface area contributed by atoms with Gasteiger partial charge in [0.1, 0.15) is 5.75 Å². The smallest absolute Gasteiger partial charge is 0.465 e. The number of hydrogen-bond donors (Lipinski definition) is 2. The number of carbonyl (C=O) groups is 2. The molecule has 0 saturated carbocycles. The number of amides is 2. The van der Waals surface area contributed by atoms with Gasteiger partial charge in [-0.25, -0.2) is 9.78 Å². The molecule has 0 aliphatic carbocycles. The van der Waals surface area contributed by atoms with Gasteiger partial charge in [-0.3, -0.25) is 9.48 Å². The number of likely N-dealkylation sites (tertiary alicyclic amines) is 1. The van der Waals surface area contributed by atoms with E-state index in [1.807, 2.05) is 0 Å². The van der Waals surface area contributed by atoms with E-state index in [0.29, 0.717) is 6.42 Å². The summed E-state index contributed by atoms with van der Waals surface area (Å²) in [4.78, 5) is 29.2. The largest absolute Gasteiger partial charge is 0.573 e. The molecule has 3 aromatic rings. The average molecular weight is 466 g/mol. The SMILES string of the molecule is O=C(NC1CC(Cn2ccnn2)N(C(=O)O)C1)c1ncc(-c2cccc(OC(F)(F)F)c2)o1. The lowest BCUT2D eigenvalue weighted by Crippen LogP contribution is -2.39. The maximum Gasteiger partial charge on any atom is 0.573 e. The molecule has 1 fully saturated rings. The van der Waals surface area contributed by atoms with Crippen LogP contribution in [-0.4, -0.2) is 67.0 Å². The Labute approximate surface area is 183 Å². The standard InChI is InChI=1S/C19H17F3N6O5/c20-19(21,22)33-14-3-1-2-11(6-14)15-8-23-17(32-15)16(29)25-12-7-13(28(9-12)18(30)31)10-27-5-4-24-26-27/h1-6,8,12-13H,7,9-10H2,(H,25,29)(H,30,31). The molecular weight excluding hydrogens is 449 g/mol. The van der Waals surface area contributed by atoms with Crippen LogP contribution in [0.2, 0.25) is 0 Å². The number of ether oxygens (including phenoxy) is 1. The first-order valence-electron chi connectivity index (χ1n) is 9.64. The molecule has 3 heterocycles. The van der Waals surface area contributed by atoms with E-state index in [0.717, 1.165) is 12.1 Å². The van der Waals surface area contributed by atoms with Gasteiger partial charge in [-0.2, -0.15) is 0 Å². The van der Waals surface area contributed by atoms with Gasteiger partial charge in [0.25, 0.3) is 5.89 Å². The lowest BCUT2D eigenvalue weighted by Gasteiger charge is -2.20. The fourth-order valence-electron chi connectivity index (χ4n) is 3.58. The van der Waals surface area contributed by atoms with Crippen molar-refractivity contribution in [2.75, 3.05) is 6.54 Å². The summed E-state index contributed by atoms with van der Waals surface area (Å²) in [6.45, 7) is 0.336. The van der Waals surface area contributed by atoms with Crippen molar-refractivity contribution < 1.29 is 37.0 Å². The van der Waals surface area contributed by atoms with Crippen LogP contribution in [0.25, 0.3) is 11.3 Å². The topological polar surface area (TPSA) is 136 Å². The van der Waals surface area contributed by atoms with Gasteiger partial charge in [-0.05, 0) is 18.6 Å². The van der Waals surface area contributed by atoms with Crippen LogP contribution in [0.15, 0.2) is 47.3 Å². The van der Waals surface area contributed by atoms with Gasteiger partial charge < -0.3 is 24.5 Å². The molecular formula is C19H17F3N6O5. The van der Waals surface area contributed by atoms with Gasteiger partial charge in [0.15, 0.2) is 5.76 Å². The fraction of sp³-hybridized carbons (Fsp3) is 0.316. The molecule has 4 rings (SSSR count). The number of aromatic nitrogens is 4. The number of oxazole rings is 1. The Kier molecular flexibility index (Phi) is 5.89. The number of carboxylic acid groups (broad SMARTS) is 1. The zero-order valence-electron chi connectivity index (χ0n) is 16.8. The second-order valence-electron chi connectivity index (χ2n) is 7.23. The summed E-state index contributed by atoms with van der Waals surface area (Å²) in [6.07, 6.45) is -1.35. The molecule has 1 aliphatic rings. The van der Waals surface area contributed by atoms with Gasteiger partial charge in [0.2, 0.25) is 0 Å². The highest BCUT2D eigenvalue weighted by Crippen LogP contribution is 2.28. The van der Waals surface area contributed by atoms with Crippen LogP contribution in [0, 0.1) is 0 Å². The summed E-state index contributed by atoms with van der Waals surface area (Å²) >= 11 is 0. The zero-order chi connectivity index (χ0) is 23.6. The second kappa shape index (κ2) is 8.80. The van der Waals surface area contributed by atoms with Gasteiger partial charge in [-0.1, -0.05) is 17.3 Å². The van der Waals surface area contributed by atoms with E-state index in [1.54, 1.807) is 6.20 Å². The molecule has 33 heavy (non-hydrogen) atoms. The second-order valence-corrected chi connectivity index (χ2v) is 7.23. The lowest BCUT2D eigenvalue weighted by atomic mass is 10.1. The molecule has 2 amide bonds. The van der Waals surface area contributed by atoms with Gasteiger partial charge >= 0.3 is 18.4 Å². The Hall–Kier alpha value is -4.10. The molecule has 11 nitrogen and oxygen atoms in total. The third-order valence-corrected chi connectivity index (χ3v) is 4.92. The highest BCUT2D eigenvalue weighted by Gasteiger charge is 2.37. The maximum absolute atomic E-state index is 12.6. The van der Waals surface area contributed by atoms with Crippen LogP contribution >= 0.6 is 0 Å². The Bertz CT molecular complexity index is 1130. The average Bonchev–Trinajstić information content (AvgIpc) is 3.48. The van der Waals surface area contributed by atoms with Crippen molar-refractivity contribution in [1.29, 1.82) is 0 Å². The van der Waals surface area contributed by atoms with Crippen molar-refractivity contribution in [2.24, 2.45) is 0 Å². The van der Waals surface area contributed by atoms with Gasteiger partial charge in [0.05, 0.1) is 25.0 Å². The molecule has 1 aliphatic heterocycles. The minimum atomic E-state index is -4.85. The van der Waals surface area contributed by atoms with Crippen molar-refractivity contribution in [3.05, 3.63) is 48.7 Å². The number of benzene rings is 1. The molecule has 0 spiro atoms. The Morgan fingerprint density at radius 1 is 1.33 bits per heavy atom. The number of hydrogen-bond acceptors (Lipinski definition) is 7. The number of rotatable bonds is 6. The molecule has 1 saturated heterocycles. The summed E-state index contributed by atoms with van der Waals surface area (Å²) in [7, 11) is 0. The van der Waals surface area contributed by atoms with E-state index in [9.17, 15) is 27.9 Å². The third-order valence-electron chi connectivity index (χ3n) is 4.92. The molecule has 0 radical (unpaired) electrons. The Balaban J connectivity index is 1.42. The third kappa shape index (κ3) is 5.39. The summed E-state index contributed by atoms with van der Waals surface area (Å²) in [5.74, 6) is -1.37. The van der Waals surface area contributed by atoms with Crippen LogP contribution in [0.5, 0.6) is 5.75 Å². The highest BCUT2D eigenvalue weighted by molar-refractivity contribution is 5.90. The van der Waals surface area contributed by atoms with Gasteiger partial charge in [-0.15, -0.1) is 18.3 Å². The molecule has 2 N–H and O–H groups in total. The van der Waals surface area contributed by atoms with E-state index in [2.05, 4.69) is 25.3 Å². The minimum absolute atomic E-state index is 0.0603. The first-order chi connectivity index (χ1) is 15.7. The first-order valence-corrected chi connectivity index (χ1v) is 9.64.